The number of H-pyrrole nitrogens is 1. The van der Waals surface area contributed by atoms with Crippen molar-refractivity contribution in [3.05, 3.63) is 131 Å². The maximum absolute atomic E-state index is 3.46. The smallest absolute Gasteiger partial charge is 0.0534 e. The summed E-state index contributed by atoms with van der Waals surface area (Å²) in [5, 5.41) is 8.67. The highest BCUT2D eigenvalue weighted by atomic mass is 127. The Labute approximate surface area is 292 Å². The summed E-state index contributed by atoms with van der Waals surface area (Å²) in [5.74, 6) is 0. The van der Waals surface area contributed by atoms with Crippen LogP contribution in [0, 0.1) is 34.8 Å². The summed E-state index contributed by atoms with van der Waals surface area (Å²) in [6.07, 6.45) is 0. The molecule has 2 heterocycles. The zero-order chi connectivity index (χ0) is 31.4. The lowest BCUT2D eigenvalue weighted by Crippen LogP contribution is -2.21. The van der Waals surface area contributed by atoms with Crippen LogP contribution in [0.1, 0.15) is 22.5 Å². The summed E-state index contributed by atoms with van der Waals surface area (Å²) in [4.78, 5) is 3.33. The summed E-state index contributed by atoms with van der Waals surface area (Å²) in [6.45, 7) is 10.7. The van der Waals surface area contributed by atoms with Crippen LogP contribution in [0.3, 0.4) is 0 Å². The number of aromatic nitrogens is 2. The zero-order valence-electron chi connectivity index (χ0n) is 25.7. The molecule has 0 amide bonds. The van der Waals surface area contributed by atoms with E-state index in [0.717, 1.165) is 17.6 Å². The number of halogens is 3. The topological polar surface area (TPSA) is 44.8 Å². The number of aromatic amines is 1. The first kappa shape index (κ1) is 35.3. The van der Waals surface area contributed by atoms with E-state index in [2.05, 4.69) is 188 Å². The van der Waals surface area contributed by atoms with Crippen LogP contribution in [0.25, 0.3) is 27.5 Å². The van der Waals surface area contributed by atoms with Crippen molar-refractivity contribution in [3.8, 4) is 5.69 Å². The highest BCUT2D eigenvalue weighted by molar-refractivity contribution is 14.1. The Balaban J connectivity index is 0.000000174. The number of nitrogens with one attached hydrogen (secondary N) is 3. The van der Waals surface area contributed by atoms with Gasteiger partial charge in [-0.15, -0.1) is 0 Å². The molecule has 0 fully saturated rings. The number of rotatable bonds is 4. The first-order chi connectivity index (χ1) is 20.7. The third kappa shape index (κ3) is 10.2. The monoisotopic (exact) mass is 862 g/mol. The minimum absolute atomic E-state index is 1.05. The molecule has 4 aromatic carbocycles. The molecule has 43 heavy (non-hydrogen) atoms. The molecule has 0 aliphatic carbocycles. The van der Waals surface area contributed by atoms with Crippen LogP contribution in [0.4, 0.5) is 0 Å². The number of nitrogens with zero attached hydrogens (tertiary/aromatic N) is 1. The van der Waals surface area contributed by atoms with Crippen molar-refractivity contribution < 1.29 is 0 Å². The Morgan fingerprint density at radius 1 is 0.674 bits per heavy atom. The van der Waals surface area contributed by atoms with Gasteiger partial charge in [0.1, 0.15) is 0 Å². The van der Waals surface area contributed by atoms with Crippen molar-refractivity contribution in [1.29, 1.82) is 0 Å². The number of hydrogen-bond donors (Lipinski definition) is 3. The number of benzene rings is 4. The van der Waals surface area contributed by atoms with Crippen LogP contribution >= 0.6 is 61.1 Å². The fourth-order valence-electron chi connectivity index (χ4n) is 4.55. The van der Waals surface area contributed by atoms with Gasteiger partial charge in [-0.2, -0.15) is 0 Å². The summed E-state index contributed by atoms with van der Waals surface area (Å²) in [6, 6.07) is 33.7. The van der Waals surface area contributed by atoms with E-state index in [1.54, 1.807) is 0 Å². The molecule has 226 valence electrons. The Hall–Kier alpha value is -2.18. The molecule has 0 saturated carbocycles. The van der Waals surface area contributed by atoms with Gasteiger partial charge in [0.15, 0.2) is 0 Å². The van der Waals surface area contributed by atoms with Crippen LogP contribution in [0.5, 0.6) is 0 Å². The van der Waals surface area contributed by atoms with Gasteiger partial charge in [-0.25, -0.2) is 0 Å². The fourth-order valence-corrected chi connectivity index (χ4v) is 5.82. The van der Waals surface area contributed by atoms with Crippen LogP contribution in [0.2, 0.25) is 0 Å². The zero-order valence-corrected chi connectivity index (χ0v) is 31.6. The van der Waals surface area contributed by atoms with E-state index in [9.17, 15) is 0 Å². The Kier molecular flexibility index (Phi) is 14.7. The molecule has 0 unspecified atom stereocenters. The van der Waals surface area contributed by atoms with Crippen LogP contribution in [-0.2, 0) is 0 Å². The Bertz CT molecular complexity index is 1710. The molecule has 0 radical (unpaired) electrons. The van der Waals surface area contributed by atoms with Crippen LogP contribution in [-0.4, -0.2) is 36.7 Å². The molecule has 3 N–H and O–H groups in total. The van der Waals surface area contributed by atoms with E-state index in [1.165, 1.54) is 57.1 Å². The molecular weight excluding hydrogens is 822 g/mol. The van der Waals surface area contributed by atoms with Gasteiger partial charge in [-0.05, 0) is 159 Å². The van der Waals surface area contributed by atoms with Crippen molar-refractivity contribution in [2.24, 2.45) is 0 Å². The number of aryl methyl sites for hydroxylation is 3. The van der Waals surface area contributed by atoms with Crippen molar-refractivity contribution in [1.82, 2.24) is 20.2 Å². The van der Waals surface area contributed by atoms with Crippen molar-refractivity contribution in [2.45, 2.75) is 27.7 Å². The standard InChI is InChI=1S/C16H14IN.C10H10BrN.C6H5I.C4H12N2/c1-11-12(2)18(14-6-4-3-5-7-14)16-9-8-13(17)10-15(11)16;1-6-7(2)12-10-4-3-8(11)5-9(6)10;7-6-4-2-1-3-5-6;1-5-3-4-6-2/h3-10H,1-2H3;3-5,12H,1-2H3;1-5H;5-6H,3-4H2,1-2H3. The summed E-state index contributed by atoms with van der Waals surface area (Å²) in [5.41, 5.74) is 9.01. The van der Waals surface area contributed by atoms with E-state index < -0.39 is 0 Å². The van der Waals surface area contributed by atoms with Gasteiger partial charge in [-0.3, -0.25) is 0 Å². The number of likely N-dealkylation sites (N-methyl/N-ethyl adjacent to an activating group) is 2. The molecule has 2 aromatic heterocycles. The highest BCUT2D eigenvalue weighted by Gasteiger charge is 2.12. The van der Waals surface area contributed by atoms with Gasteiger partial charge in [0.2, 0.25) is 0 Å². The number of hydrogen-bond acceptors (Lipinski definition) is 2. The Morgan fingerprint density at radius 3 is 1.84 bits per heavy atom. The third-order valence-corrected chi connectivity index (χ3v) is 9.01. The Morgan fingerprint density at radius 2 is 1.28 bits per heavy atom. The van der Waals surface area contributed by atoms with Gasteiger partial charge in [0, 0.05) is 58.1 Å². The van der Waals surface area contributed by atoms with Crippen molar-refractivity contribution in [3.63, 3.8) is 0 Å². The lowest BCUT2D eigenvalue weighted by Gasteiger charge is -2.08. The molecule has 4 nitrogen and oxygen atoms in total. The predicted octanol–water partition coefficient (Wildman–Crippen LogP) is 10.1. The molecule has 0 bridgehead atoms. The van der Waals surface area contributed by atoms with Gasteiger partial charge in [0.25, 0.3) is 0 Å². The maximum Gasteiger partial charge on any atom is 0.0534 e. The first-order valence-corrected chi connectivity index (χ1v) is 17.2. The molecule has 6 rings (SSSR count). The number of fused-ring (bicyclic) bond motifs is 2. The molecule has 6 aromatic rings. The maximum atomic E-state index is 3.46. The minimum atomic E-state index is 1.05. The highest BCUT2D eigenvalue weighted by Crippen LogP contribution is 2.29. The molecule has 0 aliphatic heterocycles. The van der Waals surface area contributed by atoms with Gasteiger partial charge >= 0.3 is 0 Å². The second-order valence-electron chi connectivity index (χ2n) is 10.1. The lowest BCUT2D eigenvalue weighted by molar-refractivity contribution is 0.718. The lowest BCUT2D eigenvalue weighted by atomic mass is 10.2. The second kappa shape index (κ2) is 17.9. The first-order valence-electron chi connectivity index (χ1n) is 14.2. The second-order valence-corrected chi connectivity index (χ2v) is 13.5. The van der Waals surface area contributed by atoms with Crippen molar-refractivity contribution >= 4 is 82.9 Å². The molecule has 7 heteroatoms. The third-order valence-electron chi connectivity index (χ3n) is 7.12. The van der Waals surface area contributed by atoms with Gasteiger partial charge in [0.05, 0.1) is 5.52 Å². The van der Waals surface area contributed by atoms with Crippen LogP contribution < -0.4 is 10.6 Å². The van der Waals surface area contributed by atoms with Crippen LogP contribution in [0.15, 0.2) is 102 Å². The van der Waals surface area contributed by atoms with E-state index >= 15 is 0 Å². The average Bonchev–Trinajstić information content (AvgIpc) is 3.44. The van der Waals surface area contributed by atoms with E-state index in [1.807, 2.05) is 32.3 Å². The quantitative estimate of drug-likeness (QED) is 0.122. The predicted molar refractivity (Wildman–Crippen MR) is 208 cm³/mol. The van der Waals surface area contributed by atoms with E-state index in [0.29, 0.717) is 0 Å². The minimum Gasteiger partial charge on any atom is -0.358 e. The van der Waals surface area contributed by atoms with Gasteiger partial charge in [-0.1, -0.05) is 52.3 Å². The normalized spacial score (nSPS) is 10.3. The van der Waals surface area contributed by atoms with Gasteiger partial charge < -0.3 is 20.2 Å². The molecular formula is C36H41BrI2N4. The number of para-hydroxylation sites is 1. The fraction of sp³-hybridized carbons (Fsp3) is 0.222. The van der Waals surface area contributed by atoms with E-state index in [-0.39, 0.29) is 0 Å². The summed E-state index contributed by atoms with van der Waals surface area (Å²) in [7, 11) is 3.88. The summed E-state index contributed by atoms with van der Waals surface area (Å²) < 4.78 is 6.05. The summed E-state index contributed by atoms with van der Waals surface area (Å²) >= 11 is 8.11. The van der Waals surface area contributed by atoms with E-state index in [4.69, 9.17) is 0 Å². The SMILES string of the molecule is CNCCNC.Cc1[nH]c2ccc(Br)cc2c1C.Cc1c(C)n(-c2ccccc2)c2ccc(I)cc12.Ic1ccccc1. The van der Waals surface area contributed by atoms with Crippen molar-refractivity contribution in [2.75, 3.05) is 27.2 Å². The molecule has 0 saturated heterocycles. The molecule has 0 spiro atoms. The average molecular weight is 863 g/mol. The largest absolute Gasteiger partial charge is 0.358 e. The molecule has 0 atom stereocenters. The molecule has 0 aliphatic rings.